The zero-order chi connectivity index (χ0) is 16.1. The number of nitrogens with one attached hydrogen (secondary N) is 1. The number of nitrogens with zero attached hydrogens (tertiary/aromatic N) is 2. The van der Waals surface area contributed by atoms with Crippen LogP contribution in [0.25, 0.3) is 0 Å². The molecule has 0 unspecified atom stereocenters. The van der Waals surface area contributed by atoms with Gasteiger partial charge in [0, 0.05) is 48.0 Å². The molecule has 0 spiro atoms. The third kappa shape index (κ3) is 4.95. The quantitative estimate of drug-likeness (QED) is 0.546. The summed E-state index contributed by atoms with van der Waals surface area (Å²) < 4.78 is 9.04. The molecule has 0 bridgehead atoms. The van der Waals surface area contributed by atoms with Crippen LogP contribution in [0.3, 0.4) is 0 Å². The summed E-state index contributed by atoms with van der Waals surface area (Å²) in [7, 11) is 0. The highest BCUT2D eigenvalue weighted by Gasteiger charge is 2.30. The van der Waals surface area contributed by atoms with Gasteiger partial charge in [-0.1, -0.05) is 6.42 Å². The maximum Gasteiger partial charge on any atom is 0.410 e. The average Bonchev–Trinajstić information content (AvgIpc) is 2.63. The van der Waals surface area contributed by atoms with Crippen LogP contribution in [0, 0.1) is 0 Å². The fourth-order valence-corrected chi connectivity index (χ4v) is 4.83. The van der Waals surface area contributed by atoms with Gasteiger partial charge in [-0.05, 0) is 64.5 Å². The van der Waals surface area contributed by atoms with Crippen molar-refractivity contribution in [2.24, 2.45) is 0 Å². The second-order valence-electron chi connectivity index (χ2n) is 7.28. The number of carbonyl (C=O) groups excluding carboxylic acids is 1. The first kappa shape index (κ1) is 17.7. The van der Waals surface area contributed by atoms with Gasteiger partial charge < -0.3 is 14.5 Å². The topological polar surface area (TPSA) is 44.8 Å². The lowest BCUT2D eigenvalue weighted by Gasteiger charge is -2.40. The molecular weight excluding hydrogens is 405 g/mol. The number of amides is 1. The van der Waals surface area contributed by atoms with Gasteiger partial charge in [-0.2, -0.15) is 0 Å². The van der Waals surface area contributed by atoms with Crippen molar-refractivity contribution in [3.63, 3.8) is 0 Å². The minimum absolute atomic E-state index is 0.0759. The number of carbonyl (C=O) groups is 1. The molecule has 3 fully saturated rings. The summed E-state index contributed by atoms with van der Waals surface area (Å²) in [5, 5.41) is 0. The molecule has 23 heavy (non-hydrogen) atoms. The number of rotatable bonds is 3. The highest BCUT2D eigenvalue weighted by molar-refractivity contribution is 14.1. The molecular formula is C17H30IN3O2. The Labute approximate surface area is 154 Å². The van der Waals surface area contributed by atoms with Crippen molar-refractivity contribution in [3.05, 3.63) is 0 Å². The molecule has 1 N–H and O–H groups in total. The summed E-state index contributed by atoms with van der Waals surface area (Å²) in [5.74, 6) is 0. The smallest absolute Gasteiger partial charge is 0.410 e. The van der Waals surface area contributed by atoms with Crippen molar-refractivity contribution in [3.8, 4) is 0 Å². The van der Waals surface area contributed by atoms with Gasteiger partial charge in [-0.3, -0.25) is 3.53 Å². The van der Waals surface area contributed by atoms with Crippen molar-refractivity contribution < 1.29 is 9.53 Å². The molecule has 0 aromatic heterocycles. The van der Waals surface area contributed by atoms with Gasteiger partial charge in [0.05, 0.1) is 0 Å². The van der Waals surface area contributed by atoms with Crippen molar-refractivity contribution in [1.29, 1.82) is 0 Å². The molecule has 1 amide bonds. The van der Waals surface area contributed by atoms with Crippen LogP contribution in [-0.2, 0) is 4.74 Å². The maximum atomic E-state index is 12.4. The van der Waals surface area contributed by atoms with Crippen LogP contribution < -0.4 is 3.53 Å². The molecule has 6 heteroatoms. The van der Waals surface area contributed by atoms with Crippen molar-refractivity contribution in [2.45, 2.75) is 76.0 Å². The van der Waals surface area contributed by atoms with E-state index in [0.717, 1.165) is 51.6 Å². The normalized spacial score (nSPS) is 31.1. The zero-order valence-corrected chi connectivity index (χ0v) is 16.2. The Morgan fingerprint density at radius 2 is 1.57 bits per heavy atom. The molecule has 0 radical (unpaired) electrons. The van der Waals surface area contributed by atoms with Gasteiger partial charge >= 0.3 is 6.09 Å². The summed E-state index contributed by atoms with van der Waals surface area (Å²) in [5.41, 5.74) is 0. The second kappa shape index (κ2) is 8.85. The number of hydrogen-bond donors (Lipinski definition) is 1. The second-order valence-corrected chi connectivity index (χ2v) is 7.90. The Kier molecular flexibility index (Phi) is 6.83. The van der Waals surface area contributed by atoms with E-state index in [0.29, 0.717) is 12.1 Å². The van der Waals surface area contributed by atoms with Crippen LogP contribution in [0.15, 0.2) is 0 Å². The number of likely N-dealkylation sites (tertiary alicyclic amines) is 2. The van der Waals surface area contributed by atoms with E-state index in [4.69, 9.17) is 4.74 Å². The predicted molar refractivity (Wildman–Crippen MR) is 99.7 cm³/mol. The molecule has 0 aromatic rings. The maximum absolute atomic E-state index is 12.4. The molecule has 132 valence electrons. The van der Waals surface area contributed by atoms with Crippen LogP contribution in [0.5, 0.6) is 0 Å². The van der Waals surface area contributed by atoms with Crippen LogP contribution in [0.4, 0.5) is 4.79 Å². The Morgan fingerprint density at radius 3 is 2.17 bits per heavy atom. The summed E-state index contributed by atoms with van der Waals surface area (Å²) in [4.78, 5) is 17.0. The first-order valence-corrected chi connectivity index (χ1v) is 10.4. The van der Waals surface area contributed by atoms with E-state index >= 15 is 0 Å². The Balaban J connectivity index is 1.38. The van der Waals surface area contributed by atoms with Gasteiger partial charge in [-0.15, -0.1) is 0 Å². The van der Waals surface area contributed by atoms with Crippen LogP contribution in [0.1, 0.15) is 57.8 Å². The van der Waals surface area contributed by atoms with E-state index in [1.807, 2.05) is 4.90 Å². The summed E-state index contributed by atoms with van der Waals surface area (Å²) in [6.45, 7) is 4.24. The molecule has 0 atom stereocenters. The molecule has 2 aliphatic heterocycles. The van der Waals surface area contributed by atoms with Crippen molar-refractivity contribution in [1.82, 2.24) is 13.3 Å². The monoisotopic (exact) mass is 435 g/mol. The van der Waals surface area contributed by atoms with E-state index in [-0.39, 0.29) is 12.2 Å². The third-order valence-corrected chi connectivity index (χ3v) is 6.61. The van der Waals surface area contributed by atoms with Crippen molar-refractivity contribution >= 4 is 29.0 Å². The Hall–Kier alpha value is -0.0800. The van der Waals surface area contributed by atoms with Crippen LogP contribution in [0.2, 0.25) is 0 Å². The molecule has 0 aromatic carbocycles. The predicted octanol–water partition coefficient (Wildman–Crippen LogP) is 3.32. The standard InChI is InChI=1S/C17H30IN3O2/c18-19-14-4-6-16(7-5-14)23-17(22)21-12-8-15(9-13-21)20-10-2-1-3-11-20/h14-16,19H,1-13H2/t14-,16-. The van der Waals surface area contributed by atoms with Gasteiger partial charge in [0.25, 0.3) is 0 Å². The minimum atomic E-state index is -0.0759. The average molecular weight is 435 g/mol. The fraction of sp³-hybridized carbons (Fsp3) is 0.941. The molecule has 5 nitrogen and oxygen atoms in total. The lowest BCUT2D eigenvalue weighted by atomic mass is 9.94. The first-order valence-electron chi connectivity index (χ1n) is 9.32. The van der Waals surface area contributed by atoms with Gasteiger partial charge in [0.15, 0.2) is 0 Å². The van der Waals surface area contributed by atoms with E-state index < -0.39 is 0 Å². The Bertz CT molecular complexity index is 374. The number of ether oxygens (including phenoxy) is 1. The lowest BCUT2D eigenvalue weighted by molar-refractivity contribution is 0.0282. The van der Waals surface area contributed by atoms with Crippen LogP contribution in [-0.4, -0.2) is 60.3 Å². The van der Waals surface area contributed by atoms with Crippen molar-refractivity contribution in [2.75, 3.05) is 26.2 Å². The largest absolute Gasteiger partial charge is 0.446 e. The molecule has 1 saturated carbocycles. The summed E-state index contributed by atoms with van der Waals surface area (Å²) in [6.07, 6.45) is 10.6. The van der Waals surface area contributed by atoms with E-state index in [2.05, 4.69) is 31.3 Å². The molecule has 1 aliphatic carbocycles. The molecule has 2 heterocycles. The van der Waals surface area contributed by atoms with E-state index in [9.17, 15) is 4.79 Å². The highest BCUT2D eigenvalue weighted by atomic mass is 127. The molecule has 3 aliphatic rings. The first-order chi connectivity index (χ1) is 11.3. The van der Waals surface area contributed by atoms with Crippen LogP contribution >= 0.6 is 22.9 Å². The van der Waals surface area contributed by atoms with E-state index in [1.54, 1.807) is 0 Å². The Morgan fingerprint density at radius 1 is 0.913 bits per heavy atom. The third-order valence-electron chi connectivity index (χ3n) is 5.73. The molecule has 2 saturated heterocycles. The van der Waals surface area contributed by atoms with E-state index in [1.165, 1.54) is 32.4 Å². The molecule has 3 rings (SSSR count). The number of piperidine rings is 2. The SMILES string of the molecule is O=C(O[C@H]1CC[C@H](NI)CC1)N1CCC(N2CCCCC2)CC1. The summed E-state index contributed by atoms with van der Waals surface area (Å²) >= 11 is 2.22. The van der Waals surface area contributed by atoms with Gasteiger partial charge in [-0.25, -0.2) is 4.79 Å². The lowest BCUT2D eigenvalue weighted by Crippen LogP contribution is -2.48. The van der Waals surface area contributed by atoms with Gasteiger partial charge in [0.1, 0.15) is 6.10 Å². The summed E-state index contributed by atoms with van der Waals surface area (Å²) in [6, 6.07) is 1.27. The zero-order valence-electron chi connectivity index (χ0n) is 14.0. The van der Waals surface area contributed by atoms with Gasteiger partial charge in [0.2, 0.25) is 0 Å². The number of halogens is 1. The minimum Gasteiger partial charge on any atom is -0.446 e. The fourth-order valence-electron chi connectivity index (χ4n) is 4.20. The number of hydrogen-bond acceptors (Lipinski definition) is 4. The highest BCUT2D eigenvalue weighted by Crippen LogP contribution is 2.24.